The molecule has 0 fully saturated rings. The summed E-state index contributed by atoms with van der Waals surface area (Å²) in [6.45, 7) is 9.92. The Hall–Kier alpha value is -1.38. The van der Waals surface area contributed by atoms with Gasteiger partial charge in [0.1, 0.15) is 5.82 Å². The maximum Gasteiger partial charge on any atom is 0.163 e. The van der Waals surface area contributed by atoms with Gasteiger partial charge < -0.3 is 4.90 Å². The van der Waals surface area contributed by atoms with E-state index >= 15 is 0 Å². The van der Waals surface area contributed by atoms with E-state index in [0.29, 0.717) is 5.92 Å². The summed E-state index contributed by atoms with van der Waals surface area (Å²) in [5, 5.41) is 0. The van der Waals surface area contributed by atoms with Gasteiger partial charge in [0.05, 0.1) is 5.56 Å². The zero-order valence-electron chi connectivity index (χ0n) is 11.2. The van der Waals surface area contributed by atoms with Crippen LogP contribution in [0, 0.1) is 5.92 Å². The molecule has 0 aromatic carbocycles. The zero-order valence-corrected chi connectivity index (χ0v) is 11.2. The maximum atomic E-state index is 11.6. The van der Waals surface area contributed by atoms with Crippen molar-refractivity contribution in [2.24, 2.45) is 5.92 Å². The Morgan fingerprint density at radius 2 is 2.18 bits per heavy atom. The van der Waals surface area contributed by atoms with Crippen LogP contribution in [0.1, 0.15) is 44.5 Å². The molecular weight excluding hydrogens is 212 g/mol. The average molecular weight is 234 g/mol. The van der Waals surface area contributed by atoms with Crippen LogP contribution in [-0.2, 0) is 0 Å². The fourth-order valence-corrected chi connectivity index (χ4v) is 1.79. The summed E-state index contributed by atoms with van der Waals surface area (Å²) in [7, 11) is 0. The predicted molar refractivity (Wildman–Crippen MR) is 71.6 cm³/mol. The smallest absolute Gasteiger partial charge is 0.163 e. The van der Waals surface area contributed by atoms with Crippen molar-refractivity contribution in [3.8, 4) is 0 Å². The van der Waals surface area contributed by atoms with Crippen LogP contribution in [-0.4, -0.2) is 23.9 Å². The van der Waals surface area contributed by atoms with Gasteiger partial charge in [-0.05, 0) is 31.9 Å². The third-order valence-electron chi connectivity index (χ3n) is 3.08. The third kappa shape index (κ3) is 3.55. The van der Waals surface area contributed by atoms with Gasteiger partial charge in [-0.2, -0.15) is 0 Å². The molecule has 3 heteroatoms. The van der Waals surface area contributed by atoms with Gasteiger partial charge in [-0.25, -0.2) is 4.98 Å². The maximum absolute atomic E-state index is 11.6. The number of hydrogen-bond donors (Lipinski definition) is 0. The highest BCUT2D eigenvalue weighted by atomic mass is 16.1. The summed E-state index contributed by atoms with van der Waals surface area (Å²) in [5.74, 6) is 1.51. The lowest BCUT2D eigenvalue weighted by Crippen LogP contribution is -2.30. The van der Waals surface area contributed by atoms with Crippen molar-refractivity contribution in [1.29, 1.82) is 0 Å². The lowest BCUT2D eigenvalue weighted by molar-refractivity contribution is 0.101. The fourth-order valence-electron chi connectivity index (χ4n) is 1.79. The standard InChI is InChI=1S/C14H22N2O/c1-5-11(3)10-16(6-2)14-13(12(4)17)8-7-9-15-14/h7-9,11H,5-6,10H2,1-4H3. The molecule has 0 aliphatic rings. The lowest BCUT2D eigenvalue weighted by Gasteiger charge is -2.26. The molecular formula is C14H22N2O. The summed E-state index contributed by atoms with van der Waals surface area (Å²) in [5.41, 5.74) is 0.720. The van der Waals surface area contributed by atoms with Crippen LogP contribution in [0.15, 0.2) is 18.3 Å². The Labute approximate surface area is 104 Å². The van der Waals surface area contributed by atoms with E-state index in [-0.39, 0.29) is 5.78 Å². The molecule has 0 radical (unpaired) electrons. The summed E-state index contributed by atoms with van der Waals surface area (Å²) < 4.78 is 0. The highest BCUT2D eigenvalue weighted by Crippen LogP contribution is 2.19. The number of nitrogens with zero attached hydrogens (tertiary/aromatic N) is 2. The second kappa shape index (κ2) is 6.38. The lowest BCUT2D eigenvalue weighted by atomic mass is 10.1. The van der Waals surface area contributed by atoms with Gasteiger partial charge in [-0.15, -0.1) is 0 Å². The Bertz CT molecular complexity index is 376. The van der Waals surface area contributed by atoms with Gasteiger partial charge in [0, 0.05) is 19.3 Å². The number of rotatable bonds is 6. The quantitative estimate of drug-likeness (QED) is 0.709. The van der Waals surface area contributed by atoms with E-state index in [2.05, 4.69) is 30.7 Å². The van der Waals surface area contributed by atoms with E-state index < -0.39 is 0 Å². The molecule has 3 nitrogen and oxygen atoms in total. The van der Waals surface area contributed by atoms with Crippen LogP contribution in [0.25, 0.3) is 0 Å². The SMILES string of the molecule is CCC(C)CN(CC)c1ncccc1C(C)=O. The molecule has 0 saturated carbocycles. The number of anilines is 1. The molecule has 17 heavy (non-hydrogen) atoms. The van der Waals surface area contributed by atoms with E-state index in [1.807, 2.05) is 12.1 Å². The number of pyridine rings is 1. The number of carbonyl (C=O) groups is 1. The first-order chi connectivity index (χ1) is 8.10. The fraction of sp³-hybridized carbons (Fsp3) is 0.571. The van der Waals surface area contributed by atoms with E-state index in [9.17, 15) is 4.79 Å². The first kappa shape index (κ1) is 13.7. The summed E-state index contributed by atoms with van der Waals surface area (Å²) in [6, 6.07) is 3.67. The molecule has 1 unspecified atom stereocenters. The van der Waals surface area contributed by atoms with Crippen molar-refractivity contribution in [2.75, 3.05) is 18.0 Å². The molecule has 0 aliphatic carbocycles. The molecule has 1 atom stereocenters. The number of aromatic nitrogens is 1. The van der Waals surface area contributed by atoms with Crippen LogP contribution >= 0.6 is 0 Å². The largest absolute Gasteiger partial charge is 0.356 e. The van der Waals surface area contributed by atoms with Crippen LogP contribution < -0.4 is 4.90 Å². The van der Waals surface area contributed by atoms with Crippen LogP contribution in [0.4, 0.5) is 5.82 Å². The van der Waals surface area contributed by atoms with Gasteiger partial charge in [-0.3, -0.25) is 4.79 Å². The van der Waals surface area contributed by atoms with Crippen LogP contribution in [0.5, 0.6) is 0 Å². The van der Waals surface area contributed by atoms with Crippen molar-refractivity contribution >= 4 is 11.6 Å². The second-order valence-corrected chi connectivity index (χ2v) is 4.48. The number of carbonyl (C=O) groups excluding carboxylic acids is 1. The molecule has 1 aromatic heterocycles. The van der Waals surface area contributed by atoms with Crippen molar-refractivity contribution < 1.29 is 4.79 Å². The monoisotopic (exact) mass is 234 g/mol. The van der Waals surface area contributed by atoms with Gasteiger partial charge in [-0.1, -0.05) is 20.3 Å². The first-order valence-corrected chi connectivity index (χ1v) is 6.31. The molecule has 94 valence electrons. The normalized spacial score (nSPS) is 12.2. The average Bonchev–Trinajstić information content (AvgIpc) is 2.35. The molecule has 0 amide bonds. The predicted octanol–water partition coefficient (Wildman–Crippen LogP) is 3.16. The Morgan fingerprint density at radius 3 is 2.71 bits per heavy atom. The van der Waals surface area contributed by atoms with Crippen molar-refractivity contribution in [1.82, 2.24) is 4.98 Å². The van der Waals surface area contributed by atoms with E-state index in [0.717, 1.165) is 30.9 Å². The number of hydrogen-bond acceptors (Lipinski definition) is 3. The second-order valence-electron chi connectivity index (χ2n) is 4.48. The molecule has 0 bridgehead atoms. The third-order valence-corrected chi connectivity index (χ3v) is 3.08. The Balaban J connectivity index is 2.99. The van der Waals surface area contributed by atoms with Crippen LogP contribution in [0.3, 0.4) is 0 Å². The molecule has 1 rings (SSSR count). The Morgan fingerprint density at radius 1 is 1.47 bits per heavy atom. The molecule has 0 aliphatic heterocycles. The topological polar surface area (TPSA) is 33.2 Å². The molecule has 0 saturated heterocycles. The highest BCUT2D eigenvalue weighted by molar-refractivity contribution is 5.98. The first-order valence-electron chi connectivity index (χ1n) is 6.31. The van der Waals surface area contributed by atoms with Crippen molar-refractivity contribution in [3.05, 3.63) is 23.9 Å². The minimum Gasteiger partial charge on any atom is -0.356 e. The van der Waals surface area contributed by atoms with Crippen LogP contribution in [0.2, 0.25) is 0 Å². The molecule has 0 spiro atoms. The number of ketones is 1. The van der Waals surface area contributed by atoms with Crippen molar-refractivity contribution in [3.63, 3.8) is 0 Å². The highest BCUT2D eigenvalue weighted by Gasteiger charge is 2.15. The zero-order chi connectivity index (χ0) is 12.8. The molecule has 0 N–H and O–H groups in total. The molecule has 1 aromatic rings. The van der Waals surface area contributed by atoms with E-state index in [4.69, 9.17) is 0 Å². The summed E-state index contributed by atoms with van der Waals surface area (Å²) in [4.78, 5) is 18.1. The minimum absolute atomic E-state index is 0.0794. The summed E-state index contributed by atoms with van der Waals surface area (Å²) >= 11 is 0. The van der Waals surface area contributed by atoms with Gasteiger partial charge in [0.2, 0.25) is 0 Å². The number of Topliss-reactive ketones (excluding diaryl/α,β-unsaturated/α-hetero) is 1. The van der Waals surface area contributed by atoms with Gasteiger partial charge in [0.15, 0.2) is 5.78 Å². The summed E-state index contributed by atoms with van der Waals surface area (Å²) in [6.07, 6.45) is 2.89. The molecule has 1 heterocycles. The van der Waals surface area contributed by atoms with Crippen molar-refractivity contribution in [2.45, 2.75) is 34.1 Å². The van der Waals surface area contributed by atoms with Gasteiger partial charge >= 0.3 is 0 Å². The van der Waals surface area contributed by atoms with Gasteiger partial charge in [0.25, 0.3) is 0 Å². The van der Waals surface area contributed by atoms with E-state index in [1.165, 1.54) is 0 Å². The minimum atomic E-state index is 0.0794. The Kier molecular flexibility index (Phi) is 5.13. The van der Waals surface area contributed by atoms with E-state index in [1.54, 1.807) is 13.1 Å².